The molecule has 0 amide bonds. The first-order chi connectivity index (χ1) is 16.1. The van der Waals surface area contributed by atoms with Gasteiger partial charge in [0.2, 0.25) is 0 Å². The van der Waals surface area contributed by atoms with Gasteiger partial charge in [-0.3, -0.25) is 0 Å². The predicted molar refractivity (Wildman–Crippen MR) is 113 cm³/mol. The molecule has 0 aromatic carbocycles. The van der Waals surface area contributed by atoms with Crippen LogP contribution < -0.4 is 22.5 Å². The summed E-state index contributed by atoms with van der Waals surface area (Å²) in [6.45, 7) is 1.78. The van der Waals surface area contributed by atoms with E-state index < -0.39 is 97.7 Å². The molecule has 4 fully saturated rings. The second-order valence-corrected chi connectivity index (χ2v) is 9.64. The molecule has 4 rings (SSSR count). The second-order valence-electron chi connectivity index (χ2n) is 9.64. The van der Waals surface area contributed by atoms with E-state index in [0.29, 0.717) is 6.54 Å². The molecule has 14 nitrogen and oxygen atoms in total. The van der Waals surface area contributed by atoms with Gasteiger partial charge in [-0.1, -0.05) is 6.92 Å². The number of nitrogens with two attached hydrogens (primary N) is 3. The summed E-state index contributed by atoms with van der Waals surface area (Å²) >= 11 is 0. The molecule has 2 aliphatic carbocycles. The van der Waals surface area contributed by atoms with E-state index in [4.69, 9.17) is 36.1 Å². The van der Waals surface area contributed by atoms with Crippen molar-refractivity contribution in [2.45, 2.75) is 92.6 Å². The Balaban J connectivity index is 1.47. The summed E-state index contributed by atoms with van der Waals surface area (Å²) < 4.78 is 23.0. The number of aliphatic hydroxyl groups excluding tert-OH is 5. The van der Waals surface area contributed by atoms with Gasteiger partial charge in [-0.25, -0.2) is 0 Å². The van der Waals surface area contributed by atoms with Gasteiger partial charge in [0.05, 0.1) is 42.8 Å². The number of hydrogen-bond acceptors (Lipinski definition) is 14. The molecule has 0 aromatic rings. The topological polar surface area (TPSA) is 248 Å². The maximum absolute atomic E-state index is 11.0. The molecular formula is C20H38N4O10. The standard InChI is InChI=1S/C20H38N4O10/c1-2-24-11-10-12(26)6(4-21)20(10,30)34-18(11)32-16-9(5-25)31-19(15(16)29)33-17-13(27)7(22)3-8(23)14(17)28/h6-19,24-30H,2-5,21-23H2,1H3. The molecule has 0 radical (unpaired) electrons. The van der Waals surface area contributed by atoms with E-state index in [-0.39, 0.29) is 13.0 Å². The monoisotopic (exact) mass is 494 g/mol. The number of nitrogens with one attached hydrogen (secondary N) is 1. The van der Waals surface area contributed by atoms with E-state index in [1.807, 2.05) is 6.92 Å². The van der Waals surface area contributed by atoms with Crippen molar-refractivity contribution in [2.24, 2.45) is 29.0 Å². The SMILES string of the molecule is CCNC1C(OC2C(CO)OC(OC3C(O)C(N)CC(N)C3O)C2O)OC2(O)C(CN)C(O)C12. The highest BCUT2D eigenvalue weighted by Crippen LogP contribution is 2.53. The maximum Gasteiger partial charge on any atom is 0.187 e. The minimum atomic E-state index is -1.71. The highest BCUT2D eigenvalue weighted by Gasteiger charge is 2.71. The molecule has 4 aliphatic rings. The molecule has 34 heavy (non-hydrogen) atoms. The van der Waals surface area contributed by atoms with Crippen molar-refractivity contribution in [3.05, 3.63) is 0 Å². The van der Waals surface area contributed by atoms with Crippen LogP contribution in [0.25, 0.3) is 0 Å². The third kappa shape index (κ3) is 4.18. The molecule has 198 valence electrons. The number of rotatable bonds is 8. The second kappa shape index (κ2) is 10.1. The fraction of sp³-hybridized carbons (Fsp3) is 1.00. The van der Waals surface area contributed by atoms with Crippen LogP contribution >= 0.6 is 0 Å². The van der Waals surface area contributed by atoms with Crippen LogP contribution in [0.1, 0.15) is 13.3 Å². The van der Waals surface area contributed by atoms with Crippen LogP contribution in [-0.2, 0) is 18.9 Å². The van der Waals surface area contributed by atoms with E-state index in [9.17, 15) is 30.6 Å². The first kappa shape index (κ1) is 26.5. The van der Waals surface area contributed by atoms with Gasteiger partial charge >= 0.3 is 0 Å². The zero-order valence-electron chi connectivity index (χ0n) is 19.0. The summed E-state index contributed by atoms with van der Waals surface area (Å²) in [4.78, 5) is 0. The van der Waals surface area contributed by atoms with Crippen molar-refractivity contribution < 1.29 is 49.6 Å². The van der Waals surface area contributed by atoms with Crippen LogP contribution in [-0.4, -0.2) is 130 Å². The van der Waals surface area contributed by atoms with Gasteiger partial charge in [-0.05, 0) is 13.0 Å². The summed E-state index contributed by atoms with van der Waals surface area (Å²) in [7, 11) is 0. The highest BCUT2D eigenvalue weighted by molar-refractivity contribution is 5.14. The first-order valence-electron chi connectivity index (χ1n) is 11.7. The lowest BCUT2D eigenvalue weighted by Crippen LogP contribution is -2.69. The summed E-state index contributed by atoms with van der Waals surface area (Å²) in [5, 5.41) is 66.0. The Bertz CT molecular complexity index is 696. The van der Waals surface area contributed by atoms with Gasteiger partial charge in [0.25, 0.3) is 0 Å². The van der Waals surface area contributed by atoms with Crippen molar-refractivity contribution >= 4 is 0 Å². The molecule has 0 aromatic heterocycles. The molecule has 2 saturated carbocycles. The Morgan fingerprint density at radius 3 is 2.15 bits per heavy atom. The Morgan fingerprint density at radius 1 is 0.971 bits per heavy atom. The van der Waals surface area contributed by atoms with Gasteiger partial charge in [0.15, 0.2) is 18.4 Å². The average molecular weight is 495 g/mol. The van der Waals surface area contributed by atoms with Crippen LogP contribution in [0.2, 0.25) is 0 Å². The molecule has 14 heteroatoms. The lowest BCUT2D eigenvalue weighted by Gasteiger charge is -2.51. The molecular weight excluding hydrogens is 456 g/mol. The minimum absolute atomic E-state index is 0.000387. The van der Waals surface area contributed by atoms with Gasteiger partial charge in [0, 0.05) is 18.6 Å². The van der Waals surface area contributed by atoms with Crippen molar-refractivity contribution in [1.82, 2.24) is 5.32 Å². The van der Waals surface area contributed by atoms with Crippen molar-refractivity contribution in [1.29, 1.82) is 0 Å². The Hall–Kier alpha value is -0.560. The number of ether oxygens (including phenoxy) is 4. The first-order valence-corrected chi connectivity index (χ1v) is 11.7. The average Bonchev–Trinajstić information content (AvgIpc) is 3.21. The number of aliphatic hydroxyl groups is 6. The molecule has 0 bridgehead atoms. The van der Waals surface area contributed by atoms with E-state index in [0.717, 1.165) is 0 Å². The van der Waals surface area contributed by atoms with E-state index in [1.54, 1.807) is 0 Å². The van der Waals surface area contributed by atoms with Crippen LogP contribution in [0.15, 0.2) is 0 Å². The van der Waals surface area contributed by atoms with Gasteiger partial charge in [-0.2, -0.15) is 0 Å². The van der Waals surface area contributed by atoms with Crippen LogP contribution in [0.4, 0.5) is 0 Å². The van der Waals surface area contributed by atoms with E-state index in [2.05, 4.69) is 5.32 Å². The normalized spacial score (nSPS) is 55.2. The highest BCUT2D eigenvalue weighted by atomic mass is 16.8. The molecule has 14 atom stereocenters. The van der Waals surface area contributed by atoms with Crippen molar-refractivity contribution in [2.75, 3.05) is 19.7 Å². The van der Waals surface area contributed by atoms with Crippen LogP contribution in [0, 0.1) is 11.8 Å². The Labute approximate surface area is 196 Å². The molecule has 2 aliphatic heterocycles. The number of fused-ring (bicyclic) bond motifs is 1. The fourth-order valence-corrected chi connectivity index (χ4v) is 5.70. The van der Waals surface area contributed by atoms with E-state index in [1.165, 1.54) is 0 Å². The Morgan fingerprint density at radius 2 is 1.59 bits per heavy atom. The third-order valence-electron chi connectivity index (χ3n) is 7.62. The minimum Gasteiger partial charge on any atom is -0.394 e. The Kier molecular flexibility index (Phi) is 7.85. The summed E-state index contributed by atoms with van der Waals surface area (Å²) in [6, 6.07) is -2.11. The summed E-state index contributed by atoms with van der Waals surface area (Å²) in [5.41, 5.74) is 17.4. The summed E-state index contributed by atoms with van der Waals surface area (Å²) in [6.07, 6.45) is -10.6. The van der Waals surface area contributed by atoms with Crippen LogP contribution in [0.3, 0.4) is 0 Å². The summed E-state index contributed by atoms with van der Waals surface area (Å²) in [5.74, 6) is -3.12. The lowest BCUT2D eigenvalue weighted by atomic mass is 9.64. The quantitative estimate of drug-likeness (QED) is 0.151. The number of likely N-dealkylation sites (N-methyl/N-ethyl adjacent to an activating group) is 1. The maximum atomic E-state index is 11.0. The zero-order chi connectivity index (χ0) is 24.9. The van der Waals surface area contributed by atoms with Gasteiger partial charge < -0.3 is 72.1 Å². The van der Waals surface area contributed by atoms with Gasteiger partial charge in [-0.15, -0.1) is 0 Å². The smallest absolute Gasteiger partial charge is 0.187 e. The molecule has 2 heterocycles. The molecule has 2 saturated heterocycles. The predicted octanol–water partition coefficient (Wildman–Crippen LogP) is -5.80. The number of hydrogen-bond donors (Lipinski definition) is 10. The fourth-order valence-electron chi connectivity index (χ4n) is 5.70. The molecule has 13 N–H and O–H groups in total. The van der Waals surface area contributed by atoms with Gasteiger partial charge in [0.1, 0.15) is 24.4 Å². The lowest BCUT2D eigenvalue weighted by molar-refractivity contribution is -0.351. The largest absolute Gasteiger partial charge is 0.394 e. The van der Waals surface area contributed by atoms with Crippen molar-refractivity contribution in [3.63, 3.8) is 0 Å². The molecule has 0 spiro atoms. The third-order valence-corrected chi connectivity index (χ3v) is 7.62. The zero-order valence-corrected chi connectivity index (χ0v) is 19.0. The molecule has 14 unspecified atom stereocenters. The van der Waals surface area contributed by atoms with E-state index >= 15 is 0 Å². The van der Waals surface area contributed by atoms with Crippen LogP contribution in [0.5, 0.6) is 0 Å². The van der Waals surface area contributed by atoms with Crippen molar-refractivity contribution in [3.8, 4) is 0 Å².